The number of aliphatic carboxylic acids is 1. The molecule has 1 N–H and O–H groups in total. The van der Waals surface area contributed by atoms with Crippen LogP contribution in [0.25, 0.3) is 0 Å². The van der Waals surface area contributed by atoms with Gasteiger partial charge in [-0.3, -0.25) is 4.79 Å². The van der Waals surface area contributed by atoms with E-state index < -0.39 is 17.4 Å². The number of carboxylic acids is 1. The number of nitrogens with zero attached hydrogens (tertiary/aromatic N) is 1. The zero-order valence-corrected chi connectivity index (χ0v) is 25.7. The van der Waals surface area contributed by atoms with Crippen LogP contribution in [0.5, 0.6) is 34.5 Å². The van der Waals surface area contributed by atoms with E-state index in [1.165, 1.54) is 21.3 Å². The van der Waals surface area contributed by atoms with E-state index >= 15 is 0 Å². The van der Waals surface area contributed by atoms with Gasteiger partial charge in [-0.05, 0) is 74.3 Å². The van der Waals surface area contributed by atoms with Gasteiger partial charge in [-0.15, -0.1) is 0 Å². The van der Waals surface area contributed by atoms with Gasteiger partial charge in [0.05, 0.1) is 48.1 Å². The number of rotatable bonds is 13. The Morgan fingerprint density at radius 3 is 2.19 bits per heavy atom. The van der Waals surface area contributed by atoms with E-state index in [2.05, 4.69) is 12.2 Å². The molecule has 0 aromatic heterocycles. The lowest BCUT2D eigenvalue weighted by molar-refractivity contribution is -0.165. The number of benzene rings is 2. The Labute approximate surface area is 253 Å². The number of likely N-dealkylation sites (tertiary alicyclic amines) is 1. The van der Waals surface area contributed by atoms with Gasteiger partial charge in [-0.2, -0.15) is 0 Å². The van der Waals surface area contributed by atoms with E-state index in [0.29, 0.717) is 59.4 Å². The number of allylic oxidation sites excluding steroid dienone is 2. The summed E-state index contributed by atoms with van der Waals surface area (Å²) < 4.78 is 33.4. The molecule has 10 heteroatoms. The zero-order chi connectivity index (χ0) is 31.0. The number of carboxylic acid groups (broad SMARTS) is 1. The van der Waals surface area contributed by atoms with Gasteiger partial charge >= 0.3 is 5.97 Å². The molecule has 0 bridgehead atoms. The van der Waals surface area contributed by atoms with Gasteiger partial charge in [0.15, 0.2) is 23.0 Å². The summed E-state index contributed by atoms with van der Waals surface area (Å²) in [6.45, 7) is 0.447. The summed E-state index contributed by atoms with van der Waals surface area (Å²) in [6, 6.07) is 8.79. The van der Waals surface area contributed by atoms with E-state index in [1.807, 2.05) is 0 Å². The van der Waals surface area contributed by atoms with Crippen molar-refractivity contribution in [3.05, 3.63) is 48.0 Å². The maximum atomic E-state index is 14.7. The van der Waals surface area contributed by atoms with Gasteiger partial charge in [0.1, 0.15) is 11.3 Å². The number of piperidine rings is 1. The molecule has 1 heterocycles. The molecule has 2 aromatic carbocycles. The van der Waals surface area contributed by atoms with Crippen molar-refractivity contribution in [2.24, 2.45) is 5.92 Å². The van der Waals surface area contributed by atoms with Crippen molar-refractivity contribution in [1.29, 1.82) is 0 Å². The third kappa shape index (κ3) is 6.63. The molecule has 1 aliphatic heterocycles. The minimum atomic E-state index is -1.41. The lowest BCUT2D eigenvalue weighted by atomic mass is 9.76. The van der Waals surface area contributed by atoms with Crippen molar-refractivity contribution >= 4 is 11.9 Å². The number of amides is 1. The Bertz CT molecular complexity index is 1280. The summed E-state index contributed by atoms with van der Waals surface area (Å²) in [5, 5.41) is 10.7. The zero-order valence-electron chi connectivity index (χ0n) is 25.7. The normalized spacial score (nSPS) is 20.6. The first kappa shape index (κ1) is 31.8. The molecule has 1 amide bonds. The molecular weight excluding hydrogens is 554 g/mol. The quantitative estimate of drug-likeness (QED) is 0.300. The van der Waals surface area contributed by atoms with Crippen LogP contribution in [0.3, 0.4) is 0 Å². The third-order valence-corrected chi connectivity index (χ3v) is 8.57. The molecule has 2 aromatic rings. The standard InChI is InChI=1S/C33H43NO9/c1-38-25-14-13-24(21-26(25)39-2)43-18-16-33(32(36)37)15-9-10-17-34(33)31(35)29(22-11-7-6-8-12-22)23-19-27(40-3)30(42-5)28(20-23)41-4/h7,11,13-14,19-22,29H,6,8-10,12,15-18H2,1-5H3,(H,36,37)/t22-,29-,33-/m0/s1. The maximum Gasteiger partial charge on any atom is 0.329 e. The molecule has 43 heavy (non-hydrogen) atoms. The van der Waals surface area contributed by atoms with Crippen molar-refractivity contribution in [3.8, 4) is 34.5 Å². The minimum absolute atomic E-state index is 0.101. The average Bonchev–Trinajstić information content (AvgIpc) is 3.04. The highest BCUT2D eigenvalue weighted by Gasteiger charge is 2.50. The number of hydrogen-bond acceptors (Lipinski definition) is 8. The highest BCUT2D eigenvalue weighted by Crippen LogP contribution is 2.45. The van der Waals surface area contributed by atoms with E-state index in [1.54, 1.807) is 49.5 Å². The predicted molar refractivity (Wildman–Crippen MR) is 161 cm³/mol. The van der Waals surface area contributed by atoms with Crippen LogP contribution in [0.1, 0.15) is 56.4 Å². The summed E-state index contributed by atoms with van der Waals surface area (Å²) in [7, 11) is 7.70. The molecule has 2 aliphatic rings. The number of hydrogen-bond donors (Lipinski definition) is 1. The van der Waals surface area contributed by atoms with Gasteiger partial charge < -0.3 is 38.4 Å². The second kappa shape index (κ2) is 14.4. The fourth-order valence-corrected chi connectivity index (χ4v) is 6.33. The van der Waals surface area contributed by atoms with Crippen LogP contribution in [-0.4, -0.2) is 76.1 Å². The summed E-state index contributed by atoms with van der Waals surface area (Å²) in [6.07, 6.45) is 8.77. The number of carbonyl (C=O) groups excluding carboxylic acids is 1. The maximum absolute atomic E-state index is 14.7. The molecule has 1 fully saturated rings. The van der Waals surface area contributed by atoms with Crippen LogP contribution in [0.2, 0.25) is 0 Å². The second-order valence-electron chi connectivity index (χ2n) is 10.9. The van der Waals surface area contributed by atoms with E-state index in [9.17, 15) is 14.7 Å². The topological polar surface area (TPSA) is 113 Å². The van der Waals surface area contributed by atoms with E-state index in [0.717, 1.165) is 25.7 Å². The molecular formula is C33H43NO9. The highest BCUT2D eigenvalue weighted by atomic mass is 16.5. The van der Waals surface area contributed by atoms with Gasteiger partial charge in [-0.1, -0.05) is 12.2 Å². The molecule has 10 nitrogen and oxygen atoms in total. The van der Waals surface area contributed by atoms with Crippen molar-refractivity contribution in [2.45, 2.75) is 56.4 Å². The smallest absolute Gasteiger partial charge is 0.329 e. The van der Waals surface area contributed by atoms with Crippen molar-refractivity contribution in [1.82, 2.24) is 4.90 Å². The van der Waals surface area contributed by atoms with E-state index in [4.69, 9.17) is 28.4 Å². The van der Waals surface area contributed by atoms with Gasteiger partial charge in [0, 0.05) is 19.0 Å². The fourth-order valence-electron chi connectivity index (χ4n) is 6.33. The molecule has 234 valence electrons. The van der Waals surface area contributed by atoms with Crippen molar-refractivity contribution in [3.63, 3.8) is 0 Å². The summed E-state index contributed by atoms with van der Waals surface area (Å²) in [4.78, 5) is 29.4. The second-order valence-corrected chi connectivity index (χ2v) is 10.9. The third-order valence-electron chi connectivity index (χ3n) is 8.57. The Morgan fingerprint density at radius 1 is 0.907 bits per heavy atom. The average molecular weight is 598 g/mol. The lowest BCUT2D eigenvalue weighted by Gasteiger charge is -2.46. The van der Waals surface area contributed by atoms with Crippen molar-refractivity contribution < 1.29 is 43.1 Å². The van der Waals surface area contributed by atoms with Gasteiger partial charge in [0.25, 0.3) is 0 Å². The van der Waals surface area contributed by atoms with E-state index in [-0.39, 0.29) is 24.9 Å². The van der Waals surface area contributed by atoms with Gasteiger partial charge in [0.2, 0.25) is 11.7 Å². The summed E-state index contributed by atoms with van der Waals surface area (Å²) in [5.41, 5.74) is -0.717. The van der Waals surface area contributed by atoms with Crippen LogP contribution in [0, 0.1) is 5.92 Å². The van der Waals surface area contributed by atoms with Crippen LogP contribution >= 0.6 is 0 Å². The van der Waals surface area contributed by atoms with Crippen LogP contribution in [-0.2, 0) is 9.59 Å². The first-order valence-electron chi connectivity index (χ1n) is 14.7. The first-order chi connectivity index (χ1) is 20.8. The molecule has 0 unspecified atom stereocenters. The Balaban J connectivity index is 1.69. The Hall–Kier alpha value is -4.08. The Morgan fingerprint density at radius 2 is 1.60 bits per heavy atom. The minimum Gasteiger partial charge on any atom is -0.493 e. The molecule has 3 atom stereocenters. The van der Waals surface area contributed by atoms with Crippen LogP contribution < -0.4 is 28.4 Å². The van der Waals surface area contributed by atoms with Crippen LogP contribution in [0.4, 0.5) is 0 Å². The largest absolute Gasteiger partial charge is 0.493 e. The van der Waals surface area contributed by atoms with Crippen molar-refractivity contribution in [2.75, 3.05) is 48.7 Å². The monoisotopic (exact) mass is 597 g/mol. The van der Waals surface area contributed by atoms with Gasteiger partial charge in [-0.25, -0.2) is 4.79 Å². The van der Waals surface area contributed by atoms with Crippen LogP contribution in [0.15, 0.2) is 42.5 Å². The lowest BCUT2D eigenvalue weighted by Crippen LogP contribution is -2.61. The number of ether oxygens (including phenoxy) is 6. The molecule has 4 rings (SSSR count). The fraction of sp³-hybridized carbons (Fsp3) is 0.515. The number of methoxy groups -OCH3 is 5. The summed E-state index contributed by atoms with van der Waals surface area (Å²) in [5.74, 6) is 0.931. The Kier molecular flexibility index (Phi) is 10.7. The SMILES string of the molecule is COc1ccc(OCC[C@]2(C(=O)O)CCCCN2C(=O)[C@H](c2cc(OC)c(OC)c(OC)c2)[C@H]2C=CCCC2)cc1OC. The molecule has 1 aliphatic carbocycles. The summed E-state index contributed by atoms with van der Waals surface area (Å²) >= 11 is 0. The molecule has 0 saturated carbocycles. The molecule has 0 spiro atoms. The number of carbonyl (C=O) groups is 2. The highest BCUT2D eigenvalue weighted by molar-refractivity contribution is 5.91. The first-order valence-corrected chi connectivity index (χ1v) is 14.7. The molecule has 1 saturated heterocycles. The molecule has 0 radical (unpaired) electrons. The predicted octanol–water partition coefficient (Wildman–Crippen LogP) is 5.47.